The summed E-state index contributed by atoms with van der Waals surface area (Å²) in [7, 11) is 1.23. The number of nitrogens with zero attached hydrogens (tertiary/aromatic N) is 2. The topological polar surface area (TPSA) is 79.7 Å². The number of carbonyl (C=O) groups is 2. The van der Waals surface area contributed by atoms with Crippen LogP contribution >= 0.6 is 0 Å². The fourth-order valence-electron chi connectivity index (χ4n) is 2.29. The van der Waals surface area contributed by atoms with E-state index in [-0.39, 0.29) is 11.3 Å². The molecule has 1 atom stereocenters. The average molecular weight is 330 g/mol. The Bertz CT molecular complexity index is 712. The van der Waals surface area contributed by atoms with Gasteiger partial charge in [-0.3, -0.25) is 14.5 Å². The Kier molecular flexibility index (Phi) is 4.16. The highest BCUT2D eigenvalue weighted by Crippen LogP contribution is 2.36. The second-order valence-corrected chi connectivity index (χ2v) is 4.88. The number of ketones is 1. The van der Waals surface area contributed by atoms with E-state index in [9.17, 15) is 27.9 Å². The molecule has 0 saturated heterocycles. The van der Waals surface area contributed by atoms with E-state index in [1.165, 1.54) is 14.0 Å². The number of anilines is 1. The second kappa shape index (κ2) is 5.65. The minimum atomic E-state index is -4.81. The standard InChI is InChI=1S/C14H13F3N2O4/c1-6-11(23-3)13(22)19(12(6)21)10-4-9(14(15,16)17)8(5-18-10)7(2)20/h4-5,13,22H,1-3H3. The number of aliphatic hydroxyl groups excluding tert-OH is 1. The lowest BCUT2D eigenvalue weighted by atomic mass is 10.1. The molecule has 1 unspecified atom stereocenters. The maximum Gasteiger partial charge on any atom is 0.417 e. The first kappa shape index (κ1) is 16.9. The number of hydrogen-bond donors (Lipinski definition) is 1. The summed E-state index contributed by atoms with van der Waals surface area (Å²) in [4.78, 5) is 27.8. The number of carbonyl (C=O) groups excluding carboxylic acids is 2. The van der Waals surface area contributed by atoms with Gasteiger partial charge >= 0.3 is 6.18 Å². The number of alkyl halides is 3. The molecule has 0 spiro atoms. The SMILES string of the molecule is COC1=C(C)C(=O)N(c2cc(C(F)(F)F)c(C(C)=O)cn2)C1O. The van der Waals surface area contributed by atoms with E-state index in [0.717, 1.165) is 13.1 Å². The Balaban J connectivity index is 2.55. The molecular weight excluding hydrogens is 317 g/mol. The van der Waals surface area contributed by atoms with Gasteiger partial charge in [0.05, 0.1) is 18.2 Å². The fraction of sp³-hybridized carbons (Fsp3) is 0.357. The lowest BCUT2D eigenvalue weighted by Gasteiger charge is -2.22. The summed E-state index contributed by atoms with van der Waals surface area (Å²) in [6, 6.07) is 0.559. The van der Waals surface area contributed by atoms with Crippen LogP contribution < -0.4 is 4.90 Å². The largest absolute Gasteiger partial charge is 0.496 e. The number of Topliss-reactive ketones (excluding diaryl/α,β-unsaturated/α-hetero) is 1. The van der Waals surface area contributed by atoms with Crippen LogP contribution in [0.5, 0.6) is 0 Å². The smallest absolute Gasteiger partial charge is 0.417 e. The van der Waals surface area contributed by atoms with Gasteiger partial charge in [0.2, 0.25) is 0 Å². The highest BCUT2D eigenvalue weighted by molar-refractivity contribution is 6.08. The quantitative estimate of drug-likeness (QED) is 0.856. The Morgan fingerprint density at radius 1 is 1.43 bits per heavy atom. The van der Waals surface area contributed by atoms with E-state index in [0.29, 0.717) is 11.0 Å². The zero-order valence-corrected chi connectivity index (χ0v) is 12.4. The van der Waals surface area contributed by atoms with E-state index in [1.807, 2.05) is 0 Å². The minimum Gasteiger partial charge on any atom is -0.496 e. The summed E-state index contributed by atoms with van der Waals surface area (Å²) in [6.45, 7) is 2.36. The van der Waals surface area contributed by atoms with E-state index in [4.69, 9.17) is 4.74 Å². The van der Waals surface area contributed by atoms with Gasteiger partial charge in [-0.25, -0.2) is 4.98 Å². The number of pyridine rings is 1. The van der Waals surface area contributed by atoms with Gasteiger partial charge in [0.15, 0.2) is 17.8 Å². The van der Waals surface area contributed by atoms with Gasteiger partial charge in [0.1, 0.15) is 5.82 Å². The normalized spacial score (nSPS) is 18.7. The molecule has 1 amide bonds. The number of aromatic nitrogens is 1. The molecule has 0 saturated carbocycles. The van der Waals surface area contributed by atoms with Crippen molar-refractivity contribution in [2.45, 2.75) is 26.3 Å². The number of amides is 1. The van der Waals surface area contributed by atoms with Gasteiger partial charge < -0.3 is 9.84 Å². The van der Waals surface area contributed by atoms with Crippen molar-refractivity contribution < 1.29 is 32.6 Å². The van der Waals surface area contributed by atoms with Crippen LogP contribution in [0.15, 0.2) is 23.6 Å². The van der Waals surface area contributed by atoms with Crippen LogP contribution in [0.1, 0.15) is 29.8 Å². The molecule has 1 aromatic rings. The predicted octanol–water partition coefficient (Wildman–Crippen LogP) is 1.89. The molecule has 6 nitrogen and oxygen atoms in total. The Hall–Kier alpha value is -2.42. The average Bonchev–Trinajstić information content (AvgIpc) is 2.67. The zero-order valence-electron chi connectivity index (χ0n) is 12.4. The predicted molar refractivity (Wildman–Crippen MR) is 72.4 cm³/mol. The van der Waals surface area contributed by atoms with Crippen LogP contribution in [0, 0.1) is 0 Å². The zero-order chi connectivity index (χ0) is 17.5. The number of methoxy groups -OCH3 is 1. The molecule has 0 bridgehead atoms. The molecule has 0 fully saturated rings. The van der Waals surface area contributed by atoms with Crippen molar-refractivity contribution in [1.82, 2.24) is 4.98 Å². The van der Waals surface area contributed by atoms with E-state index >= 15 is 0 Å². The summed E-state index contributed by atoms with van der Waals surface area (Å²) >= 11 is 0. The van der Waals surface area contributed by atoms with Crippen molar-refractivity contribution in [3.05, 3.63) is 34.7 Å². The molecule has 0 aliphatic carbocycles. The lowest BCUT2D eigenvalue weighted by Crippen LogP contribution is -2.36. The maximum absolute atomic E-state index is 13.1. The van der Waals surface area contributed by atoms with Gasteiger partial charge in [-0.05, 0) is 19.9 Å². The molecule has 2 heterocycles. The van der Waals surface area contributed by atoms with Crippen LogP contribution in [-0.4, -0.2) is 35.1 Å². The fourth-order valence-corrected chi connectivity index (χ4v) is 2.29. The maximum atomic E-state index is 13.1. The molecule has 1 aliphatic heterocycles. The van der Waals surface area contributed by atoms with Crippen molar-refractivity contribution in [3.63, 3.8) is 0 Å². The van der Waals surface area contributed by atoms with Crippen LogP contribution in [0.4, 0.5) is 19.0 Å². The summed E-state index contributed by atoms with van der Waals surface area (Å²) in [5, 5.41) is 10.0. The van der Waals surface area contributed by atoms with Crippen molar-refractivity contribution in [2.24, 2.45) is 0 Å². The Labute approximate surface area is 129 Å². The van der Waals surface area contributed by atoms with E-state index in [2.05, 4.69) is 4.98 Å². The third-order valence-electron chi connectivity index (χ3n) is 3.43. The Morgan fingerprint density at radius 2 is 2.04 bits per heavy atom. The second-order valence-electron chi connectivity index (χ2n) is 4.88. The molecule has 1 aliphatic rings. The molecule has 1 N–H and O–H groups in total. The monoisotopic (exact) mass is 330 g/mol. The molecule has 0 aromatic carbocycles. The summed E-state index contributed by atoms with van der Waals surface area (Å²) in [5.74, 6) is -2.03. The van der Waals surface area contributed by atoms with E-state index in [1.54, 1.807) is 0 Å². The third kappa shape index (κ3) is 2.79. The first-order valence-corrected chi connectivity index (χ1v) is 6.44. The highest BCUT2D eigenvalue weighted by Gasteiger charge is 2.41. The summed E-state index contributed by atoms with van der Waals surface area (Å²) in [6.07, 6.45) is -5.65. The van der Waals surface area contributed by atoms with E-state index < -0.39 is 41.0 Å². The number of halogens is 3. The van der Waals surface area contributed by atoms with Crippen LogP contribution in [0.3, 0.4) is 0 Å². The molecule has 23 heavy (non-hydrogen) atoms. The lowest BCUT2D eigenvalue weighted by molar-refractivity contribution is -0.138. The van der Waals surface area contributed by atoms with Gasteiger partial charge in [-0.15, -0.1) is 0 Å². The minimum absolute atomic E-state index is 0.0611. The molecule has 124 valence electrons. The van der Waals surface area contributed by atoms with Gasteiger partial charge in [0, 0.05) is 11.8 Å². The number of rotatable bonds is 3. The molecule has 2 rings (SSSR count). The van der Waals surface area contributed by atoms with Gasteiger partial charge in [-0.2, -0.15) is 13.2 Å². The van der Waals surface area contributed by atoms with Crippen LogP contribution in [-0.2, 0) is 15.7 Å². The molecule has 1 aromatic heterocycles. The molecular formula is C14H13F3N2O4. The van der Waals surface area contributed by atoms with Crippen molar-refractivity contribution in [2.75, 3.05) is 12.0 Å². The molecule has 0 radical (unpaired) electrons. The van der Waals surface area contributed by atoms with Gasteiger partial charge in [0.25, 0.3) is 5.91 Å². The van der Waals surface area contributed by atoms with Gasteiger partial charge in [-0.1, -0.05) is 0 Å². The van der Waals surface area contributed by atoms with Crippen molar-refractivity contribution in [1.29, 1.82) is 0 Å². The Morgan fingerprint density at radius 3 is 2.48 bits per heavy atom. The van der Waals surface area contributed by atoms with Crippen LogP contribution in [0.2, 0.25) is 0 Å². The first-order chi connectivity index (χ1) is 10.6. The highest BCUT2D eigenvalue weighted by atomic mass is 19.4. The van der Waals surface area contributed by atoms with Crippen molar-refractivity contribution >= 4 is 17.5 Å². The van der Waals surface area contributed by atoms with Crippen LogP contribution in [0.25, 0.3) is 0 Å². The van der Waals surface area contributed by atoms with Crippen molar-refractivity contribution in [3.8, 4) is 0 Å². The molecule has 9 heteroatoms. The summed E-state index contributed by atoms with van der Waals surface area (Å²) in [5.41, 5.74) is -1.77. The number of hydrogen-bond acceptors (Lipinski definition) is 5. The third-order valence-corrected chi connectivity index (χ3v) is 3.43. The summed E-state index contributed by atoms with van der Waals surface area (Å²) < 4.78 is 44.2. The first-order valence-electron chi connectivity index (χ1n) is 6.44. The number of aliphatic hydroxyl groups is 1. The number of ether oxygens (including phenoxy) is 1.